The average Bonchev–Trinajstić information content (AvgIpc) is 2.88. The molecule has 2 aliphatic heterocycles. The molecule has 2 saturated heterocycles. The van der Waals surface area contributed by atoms with Crippen molar-refractivity contribution in [2.75, 3.05) is 26.4 Å². The van der Waals surface area contributed by atoms with Gasteiger partial charge in [-0.1, -0.05) is 70.0 Å². The fraction of sp³-hybridized carbons (Fsp3) is 0.806. The van der Waals surface area contributed by atoms with Crippen molar-refractivity contribution in [1.29, 1.82) is 0 Å². The van der Waals surface area contributed by atoms with Gasteiger partial charge in [0, 0.05) is 31.1 Å². The van der Waals surface area contributed by atoms with Gasteiger partial charge in [-0.25, -0.2) is 4.57 Å². The zero-order valence-corrected chi connectivity index (χ0v) is 27.9. The Bertz CT molecular complexity index is 910. The molecule has 0 N–H and O–H groups in total. The van der Waals surface area contributed by atoms with Gasteiger partial charge < -0.3 is 18.9 Å². The zero-order chi connectivity index (χ0) is 29.9. The van der Waals surface area contributed by atoms with Crippen LogP contribution in [0.15, 0.2) is 35.2 Å². The van der Waals surface area contributed by atoms with E-state index in [1.165, 1.54) is 11.8 Å². The van der Waals surface area contributed by atoms with E-state index in [4.69, 9.17) is 32.5 Å². The lowest BCUT2D eigenvalue weighted by molar-refractivity contribution is -0.238. The van der Waals surface area contributed by atoms with Crippen molar-refractivity contribution in [3.05, 3.63) is 30.3 Å². The lowest BCUT2D eigenvalue weighted by atomic mass is 9.93. The topological polar surface area (TPSA) is 81.7 Å². The maximum Gasteiger partial charge on any atom is 0.476 e. The van der Waals surface area contributed by atoms with E-state index in [-0.39, 0.29) is 0 Å². The molecule has 0 spiro atoms. The molecule has 8 nitrogen and oxygen atoms in total. The summed E-state index contributed by atoms with van der Waals surface area (Å²) in [7, 11) is -4.01. The van der Waals surface area contributed by atoms with Gasteiger partial charge in [0.15, 0.2) is 0 Å². The second-order valence-corrected chi connectivity index (χ2v) is 14.8. The molecule has 0 radical (unpaired) electrons. The van der Waals surface area contributed by atoms with Crippen molar-refractivity contribution < 1.29 is 37.1 Å². The first-order valence-corrected chi connectivity index (χ1v) is 17.7. The predicted molar refractivity (Wildman–Crippen MR) is 163 cm³/mol. The van der Waals surface area contributed by atoms with Crippen LogP contribution in [0, 0.1) is 0 Å². The smallest absolute Gasteiger partial charge is 0.379 e. The van der Waals surface area contributed by atoms with Crippen LogP contribution in [0.1, 0.15) is 93.4 Å². The minimum atomic E-state index is -4.01. The Kier molecular flexibility index (Phi) is 14.1. The van der Waals surface area contributed by atoms with Crippen LogP contribution in [-0.2, 0) is 37.1 Å². The summed E-state index contributed by atoms with van der Waals surface area (Å²) in [6.07, 6.45) is 4.14. The highest BCUT2D eigenvalue weighted by Crippen LogP contribution is 2.63. The Hall–Kier alpha value is -0.480. The summed E-state index contributed by atoms with van der Waals surface area (Å²) in [6, 6.07) is 10.00. The summed E-state index contributed by atoms with van der Waals surface area (Å²) in [5, 5.41) is 0. The lowest BCUT2D eigenvalue weighted by Crippen LogP contribution is -2.60. The normalized spacial score (nSPS) is 28.9. The molecule has 0 aromatic heterocycles. The molecule has 5 unspecified atom stereocenters. The fourth-order valence-electron chi connectivity index (χ4n) is 5.32. The Labute approximate surface area is 252 Å². The predicted octanol–water partition coefficient (Wildman–Crippen LogP) is 8.18. The van der Waals surface area contributed by atoms with Gasteiger partial charge in [-0.05, 0) is 59.1 Å². The molecule has 236 valence electrons. The summed E-state index contributed by atoms with van der Waals surface area (Å²) in [6.45, 7) is 16.1. The van der Waals surface area contributed by atoms with Gasteiger partial charge in [0.05, 0.1) is 17.8 Å². The monoisotopic (exact) mass is 616 g/mol. The van der Waals surface area contributed by atoms with E-state index in [2.05, 4.69) is 20.8 Å². The summed E-state index contributed by atoms with van der Waals surface area (Å²) >= 11 is 1.51. The summed E-state index contributed by atoms with van der Waals surface area (Å²) in [4.78, 5) is 0.999. The van der Waals surface area contributed by atoms with Gasteiger partial charge >= 0.3 is 7.82 Å². The third-order valence-electron chi connectivity index (χ3n) is 6.95. The van der Waals surface area contributed by atoms with E-state index in [0.717, 1.165) is 43.4 Å². The number of rotatable bonds is 17. The first-order chi connectivity index (χ1) is 19.5. The molecular weight excluding hydrogens is 563 g/mol. The molecule has 1 aromatic rings. The van der Waals surface area contributed by atoms with Crippen molar-refractivity contribution in [2.24, 2.45) is 0 Å². The number of phosphoric acid groups is 1. The lowest BCUT2D eigenvalue weighted by Gasteiger charge is -2.48. The maximum atomic E-state index is 14.2. The van der Waals surface area contributed by atoms with Crippen LogP contribution in [0.4, 0.5) is 0 Å². The van der Waals surface area contributed by atoms with Gasteiger partial charge in [-0.2, -0.15) is 0 Å². The van der Waals surface area contributed by atoms with Crippen molar-refractivity contribution in [2.45, 2.75) is 139 Å². The average molecular weight is 617 g/mol. The number of thioether (sulfide) groups is 1. The number of hydrogen-bond acceptors (Lipinski definition) is 9. The molecule has 2 fully saturated rings. The highest BCUT2D eigenvalue weighted by Gasteiger charge is 2.55. The van der Waals surface area contributed by atoms with Crippen LogP contribution in [0.5, 0.6) is 0 Å². The van der Waals surface area contributed by atoms with E-state index < -0.39 is 48.9 Å². The molecule has 10 heteroatoms. The molecule has 0 aliphatic carbocycles. The number of phosphoric ester groups is 1. The second kappa shape index (κ2) is 16.6. The molecule has 2 aliphatic rings. The zero-order valence-electron chi connectivity index (χ0n) is 26.2. The van der Waals surface area contributed by atoms with Crippen molar-refractivity contribution in [3.8, 4) is 0 Å². The molecule has 0 saturated carbocycles. The third-order valence-corrected chi connectivity index (χ3v) is 10.0. The quantitative estimate of drug-likeness (QED) is 0.127. The van der Waals surface area contributed by atoms with Gasteiger partial charge in [0.25, 0.3) is 0 Å². The molecule has 41 heavy (non-hydrogen) atoms. The minimum Gasteiger partial charge on any atom is -0.379 e. The van der Waals surface area contributed by atoms with Crippen LogP contribution >= 0.6 is 19.6 Å². The van der Waals surface area contributed by atoms with E-state index >= 15 is 0 Å². The SMILES string of the molecule is CCCCOCC1OC(Sc2ccccc2)C(OP2(=O)OC(C)(C)CC(C)(C)O2)C(OCCCC)C1OCCCC. The van der Waals surface area contributed by atoms with E-state index in [1.807, 2.05) is 58.0 Å². The van der Waals surface area contributed by atoms with Crippen molar-refractivity contribution >= 4 is 19.6 Å². The molecule has 5 atom stereocenters. The number of hydrogen-bond donors (Lipinski definition) is 0. The molecule has 0 amide bonds. The Morgan fingerprint density at radius 3 is 1.98 bits per heavy atom. The Morgan fingerprint density at radius 1 is 0.829 bits per heavy atom. The van der Waals surface area contributed by atoms with Gasteiger partial charge in [-0.15, -0.1) is 0 Å². The molecule has 2 heterocycles. The van der Waals surface area contributed by atoms with Crippen molar-refractivity contribution in [1.82, 2.24) is 0 Å². The number of unbranched alkanes of at least 4 members (excludes halogenated alkanes) is 3. The molecular formula is C31H53O8PS. The second-order valence-electron chi connectivity index (χ2n) is 12.2. The van der Waals surface area contributed by atoms with Crippen LogP contribution in [-0.4, -0.2) is 67.5 Å². The van der Waals surface area contributed by atoms with Crippen LogP contribution in [0.25, 0.3) is 0 Å². The largest absolute Gasteiger partial charge is 0.476 e. The highest BCUT2D eigenvalue weighted by molar-refractivity contribution is 7.99. The number of benzene rings is 1. The Morgan fingerprint density at radius 2 is 1.39 bits per heavy atom. The number of ether oxygens (including phenoxy) is 4. The minimum absolute atomic E-state index is 0.369. The van der Waals surface area contributed by atoms with Crippen LogP contribution in [0.3, 0.4) is 0 Å². The van der Waals surface area contributed by atoms with Gasteiger partial charge in [0.1, 0.15) is 29.9 Å². The fourth-order valence-corrected chi connectivity index (χ4v) is 8.52. The molecule has 1 aromatic carbocycles. The van der Waals surface area contributed by atoms with Gasteiger partial charge in [0.2, 0.25) is 0 Å². The molecule has 0 bridgehead atoms. The van der Waals surface area contributed by atoms with E-state index in [9.17, 15) is 4.57 Å². The summed E-state index contributed by atoms with van der Waals surface area (Å²) in [5.41, 5.74) is -1.96. The van der Waals surface area contributed by atoms with Crippen LogP contribution < -0.4 is 0 Å². The standard InChI is InChI=1S/C31H53O8PS/c1-8-11-19-33-22-25-26(34-20-12-9-2)27(35-21-13-10-3)28(29(36-25)41-24-17-15-14-16-18-24)37-40(32)38-30(4,5)23-31(6,7)39-40/h14-18,25-29H,8-13,19-23H2,1-7H3. The van der Waals surface area contributed by atoms with Crippen molar-refractivity contribution in [3.63, 3.8) is 0 Å². The van der Waals surface area contributed by atoms with Gasteiger partial charge in [-0.3, -0.25) is 13.6 Å². The van der Waals surface area contributed by atoms with E-state index in [0.29, 0.717) is 32.8 Å². The summed E-state index contributed by atoms with van der Waals surface area (Å²) in [5.74, 6) is 0. The first kappa shape index (κ1) is 35.0. The third kappa shape index (κ3) is 11.2. The molecule has 3 rings (SSSR count). The summed E-state index contributed by atoms with van der Waals surface area (Å²) < 4.78 is 58.7. The van der Waals surface area contributed by atoms with Crippen LogP contribution in [0.2, 0.25) is 0 Å². The maximum absolute atomic E-state index is 14.2. The first-order valence-electron chi connectivity index (χ1n) is 15.4. The highest BCUT2D eigenvalue weighted by atomic mass is 32.2. The Balaban J connectivity index is 1.99. The van der Waals surface area contributed by atoms with E-state index in [1.54, 1.807) is 0 Å².